The van der Waals surface area contributed by atoms with Gasteiger partial charge in [-0.2, -0.15) is 0 Å². The first-order valence-corrected chi connectivity index (χ1v) is 6.36. The molecule has 1 N–H and O–H groups in total. The lowest BCUT2D eigenvalue weighted by atomic mass is 10.1. The van der Waals surface area contributed by atoms with E-state index in [1.807, 2.05) is 6.07 Å². The summed E-state index contributed by atoms with van der Waals surface area (Å²) in [6.07, 6.45) is 2.25. The van der Waals surface area contributed by atoms with Gasteiger partial charge < -0.3 is 9.84 Å². The van der Waals surface area contributed by atoms with Gasteiger partial charge >= 0.3 is 0 Å². The van der Waals surface area contributed by atoms with Gasteiger partial charge in [-0.15, -0.1) is 0 Å². The molecule has 1 aromatic rings. The monoisotopic (exact) mass is 235 g/mol. The fourth-order valence-corrected chi connectivity index (χ4v) is 2.28. The van der Waals surface area contributed by atoms with Crippen molar-refractivity contribution in [3.8, 4) is 0 Å². The number of aliphatic hydroxyl groups excluding tert-OH is 1. The van der Waals surface area contributed by atoms with Gasteiger partial charge in [-0.05, 0) is 24.9 Å². The van der Waals surface area contributed by atoms with Crippen molar-refractivity contribution < 1.29 is 9.84 Å². The van der Waals surface area contributed by atoms with Crippen molar-refractivity contribution in [1.29, 1.82) is 0 Å². The predicted molar refractivity (Wildman–Crippen MR) is 68.0 cm³/mol. The lowest BCUT2D eigenvalue weighted by Gasteiger charge is -2.34. The molecule has 2 rings (SSSR count). The van der Waals surface area contributed by atoms with E-state index in [0.717, 1.165) is 32.5 Å². The van der Waals surface area contributed by atoms with Crippen molar-refractivity contribution in [2.75, 3.05) is 32.9 Å². The predicted octanol–water partition coefficient (Wildman–Crippen LogP) is 1.31. The van der Waals surface area contributed by atoms with E-state index in [0.29, 0.717) is 6.61 Å². The molecule has 0 aliphatic carbocycles. The van der Waals surface area contributed by atoms with Crippen molar-refractivity contribution in [3.63, 3.8) is 0 Å². The Morgan fingerprint density at radius 3 is 2.88 bits per heavy atom. The molecule has 1 fully saturated rings. The molecule has 0 aromatic heterocycles. The zero-order valence-electron chi connectivity index (χ0n) is 10.2. The molecule has 94 valence electrons. The summed E-state index contributed by atoms with van der Waals surface area (Å²) in [6, 6.07) is 10.7. The Hall–Kier alpha value is -0.900. The molecule has 17 heavy (non-hydrogen) atoms. The highest BCUT2D eigenvalue weighted by molar-refractivity contribution is 5.14. The van der Waals surface area contributed by atoms with Crippen LogP contribution in [-0.4, -0.2) is 49.0 Å². The van der Waals surface area contributed by atoms with Crippen molar-refractivity contribution >= 4 is 0 Å². The van der Waals surface area contributed by atoms with Gasteiger partial charge in [0, 0.05) is 6.54 Å². The average molecular weight is 235 g/mol. The van der Waals surface area contributed by atoms with Crippen molar-refractivity contribution in [2.24, 2.45) is 0 Å². The molecule has 0 bridgehead atoms. The highest BCUT2D eigenvalue weighted by Gasteiger charge is 2.21. The Balaban J connectivity index is 1.74. The minimum absolute atomic E-state index is 0.194. The maximum absolute atomic E-state index is 9.26. The Morgan fingerprint density at radius 1 is 1.29 bits per heavy atom. The second-order valence-electron chi connectivity index (χ2n) is 4.54. The zero-order chi connectivity index (χ0) is 11.9. The normalized spacial score (nSPS) is 21.6. The van der Waals surface area contributed by atoms with E-state index in [2.05, 4.69) is 29.2 Å². The summed E-state index contributed by atoms with van der Waals surface area (Å²) in [7, 11) is 0. The summed E-state index contributed by atoms with van der Waals surface area (Å²) in [5.41, 5.74) is 1.39. The molecule has 1 heterocycles. The highest BCUT2D eigenvalue weighted by atomic mass is 16.5. The third-order valence-corrected chi connectivity index (χ3v) is 3.31. The molecule has 1 aliphatic rings. The first kappa shape index (κ1) is 12.6. The molecule has 1 unspecified atom stereocenters. The Morgan fingerprint density at radius 2 is 2.12 bits per heavy atom. The molecule has 0 radical (unpaired) electrons. The van der Waals surface area contributed by atoms with Gasteiger partial charge in [0.15, 0.2) is 0 Å². The molecule has 1 aromatic carbocycles. The van der Waals surface area contributed by atoms with Gasteiger partial charge in [-0.1, -0.05) is 30.3 Å². The van der Waals surface area contributed by atoms with Crippen LogP contribution in [0.3, 0.4) is 0 Å². The van der Waals surface area contributed by atoms with Crippen molar-refractivity contribution in [1.82, 2.24) is 4.90 Å². The number of aliphatic hydroxyl groups is 1. The van der Waals surface area contributed by atoms with E-state index in [4.69, 9.17) is 4.74 Å². The van der Waals surface area contributed by atoms with Crippen molar-refractivity contribution in [3.05, 3.63) is 35.9 Å². The third-order valence-electron chi connectivity index (χ3n) is 3.31. The number of ether oxygens (including phenoxy) is 1. The first-order chi connectivity index (χ1) is 8.40. The standard InChI is InChI=1S/C14H21NO2/c16-11-14-12-17-10-9-15(14)8-4-7-13-5-2-1-3-6-13/h1-3,5-6,14,16H,4,7-12H2. The maximum Gasteiger partial charge on any atom is 0.0644 e. The Bertz CT molecular complexity index is 315. The van der Waals surface area contributed by atoms with Crippen LogP contribution in [0.2, 0.25) is 0 Å². The molecule has 0 amide bonds. The number of hydrogen-bond donors (Lipinski definition) is 1. The molecule has 1 atom stereocenters. The lowest BCUT2D eigenvalue weighted by molar-refractivity contribution is -0.0275. The molecule has 1 aliphatic heterocycles. The average Bonchev–Trinajstić information content (AvgIpc) is 2.40. The number of nitrogens with zero attached hydrogens (tertiary/aromatic N) is 1. The highest BCUT2D eigenvalue weighted by Crippen LogP contribution is 2.09. The second-order valence-corrected chi connectivity index (χ2v) is 4.54. The molecule has 0 spiro atoms. The number of rotatable bonds is 5. The van der Waals surface area contributed by atoms with E-state index in [1.165, 1.54) is 5.56 Å². The number of aryl methyl sites for hydroxylation is 1. The Kier molecular flexibility index (Phi) is 4.98. The van der Waals surface area contributed by atoms with Crippen LogP contribution in [-0.2, 0) is 11.2 Å². The molecule has 0 saturated carbocycles. The molecule has 1 saturated heterocycles. The zero-order valence-corrected chi connectivity index (χ0v) is 10.2. The van der Waals surface area contributed by atoms with Crippen LogP contribution in [0, 0.1) is 0 Å². The van der Waals surface area contributed by atoms with Gasteiger partial charge in [-0.25, -0.2) is 0 Å². The van der Waals surface area contributed by atoms with Crippen LogP contribution in [0.4, 0.5) is 0 Å². The third kappa shape index (κ3) is 3.80. The van der Waals surface area contributed by atoms with Gasteiger partial charge in [0.1, 0.15) is 0 Å². The van der Waals surface area contributed by atoms with Crippen LogP contribution < -0.4 is 0 Å². The number of morpholine rings is 1. The maximum atomic E-state index is 9.26. The topological polar surface area (TPSA) is 32.7 Å². The van der Waals surface area contributed by atoms with E-state index in [9.17, 15) is 5.11 Å². The first-order valence-electron chi connectivity index (χ1n) is 6.36. The molecular weight excluding hydrogens is 214 g/mol. The summed E-state index contributed by atoms with van der Waals surface area (Å²) < 4.78 is 5.37. The Labute approximate surface area is 103 Å². The van der Waals surface area contributed by atoms with Crippen LogP contribution in [0.5, 0.6) is 0 Å². The van der Waals surface area contributed by atoms with Gasteiger partial charge in [0.2, 0.25) is 0 Å². The van der Waals surface area contributed by atoms with Crippen LogP contribution in [0.25, 0.3) is 0 Å². The molecule has 3 heteroatoms. The van der Waals surface area contributed by atoms with Gasteiger partial charge in [0.05, 0.1) is 25.9 Å². The van der Waals surface area contributed by atoms with E-state index in [1.54, 1.807) is 0 Å². The smallest absolute Gasteiger partial charge is 0.0644 e. The quantitative estimate of drug-likeness (QED) is 0.835. The van der Waals surface area contributed by atoms with Crippen LogP contribution in [0.1, 0.15) is 12.0 Å². The van der Waals surface area contributed by atoms with Crippen molar-refractivity contribution in [2.45, 2.75) is 18.9 Å². The van der Waals surface area contributed by atoms with E-state index in [-0.39, 0.29) is 12.6 Å². The SMILES string of the molecule is OCC1COCCN1CCCc1ccccc1. The number of benzene rings is 1. The summed E-state index contributed by atoms with van der Waals surface area (Å²) in [6.45, 7) is 3.65. The largest absolute Gasteiger partial charge is 0.395 e. The van der Waals surface area contributed by atoms with Gasteiger partial charge in [0.25, 0.3) is 0 Å². The molecule has 3 nitrogen and oxygen atoms in total. The van der Waals surface area contributed by atoms with Crippen LogP contribution >= 0.6 is 0 Å². The minimum atomic E-state index is 0.194. The summed E-state index contributed by atoms with van der Waals surface area (Å²) >= 11 is 0. The summed E-state index contributed by atoms with van der Waals surface area (Å²) in [4.78, 5) is 2.34. The number of hydrogen-bond acceptors (Lipinski definition) is 3. The fourth-order valence-electron chi connectivity index (χ4n) is 2.28. The second kappa shape index (κ2) is 6.74. The van der Waals surface area contributed by atoms with Crippen LogP contribution in [0.15, 0.2) is 30.3 Å². The molecular formula is C14H21NO2. The minimum Gasteiger partial charge on any atom is -0.395 e. The fraction of sp³-hybridized carbons (Fsp3) is 0.571. The van der Waals surface area contributed by atoms with E-state index < -0.39 is 0 Å². The summed E-state index contributed by atoms with van der Waals surface area (Å²) in [5.74, 6) is 0. The van der Waals surface area contributed by atoms with Gasteiger partial charge in [-0.3, -0.25) is 4.90 Å². The summed E-state index contributed by atoms with van der Waals surface area (Å²) in [5, 5.41) is 9.26. The lowest BCUT2D eigenvalue weighted by Crippen LogP contribution is -2.47. The van der Waals surface area contributed by atoms with E-state index >= 15 is 0 Å².